The van der Waals surface area contributed by atoms with Crippen LogP contribution in [-0.4, -0.2) is 43.6 Å². The van der Waals surface area contributed by atoms with Gasteiger partial charge in [-0.2, -0.15) is 0 Å². The SMILES string of the molecule is COc1ccc(CC(C)C(=O)N2CCN[C@H](C)C2)cc1. The summed E-state index contributed by atoms with van der Waals surface area (Å²) in [5.74, 6) is 1.13. The van der Waals surface area contributed by atoms with Gasteiger partial charge in [-0.15, -0.1) is 0 Å². The van der Waals surface area contributed by atoms with Crippen LogP contribution >= 0.6 is 0 Å². The Bertz CT molecular complexity index is 444. The second kappa shape index (κ2) is 6.75. The van der Waals surface area contributed by atoms with E-state index in [9.17, 15) is 4.79 Å². The van der Waals surface area contributed by atoms with Crippen molar-refractivity contribution in [1.82, 2.24) is 10.2 Å². The molecule has 110 valence electrons. The van der Waals surface area contributed by atoms with E-state index in [0.717, 1.165) is 31.8 Å². The minimum atomic E-state index is 0.0219. The van der Waals surface area contributed by atoms with E-state index in [2.05, 4.69) is 12.2 Å². The zero-order valence-corrected chi connectivity index (χ0v) is 12.6. The number of hydrogen-bond acceptors (Lipinski definition) is 3. The van der Waals surface area contributed by atoms with Gasteiger partial charge in [-0.3, -0.25) is 4.79 Å². The van der Waals surface area contributed by atoms with Crippen LogP contribution in [0.2, 0.25) is 0 Å². The molecular weight excluding hydrogens is 252 g/mol. The number of piperazine rings is 1. The molecule has 1 aromatic carbocycles. The molecule has 0 aliphatic carbocycles. The Kier molecular flexibility index (Phi) is 5.01. The summed E-state index contributed by atoms with van der Waals surface area (Å²) in [5.41, 5.74) is 1.18. The van der Waals surface area contributed by atoms with E-state index in [1.165, 1.54) is 5.56 Å². The monoisotopic (exact) mass is 276 g/mol. The van der Waals surface area contributed by atoms with Crippen molar-refractivity contribution in [3.63, 3.8) is 0 Å². The van der Waals surface area contributed by atoms with E-state index in [4.69, 9.17) is 4.74 Å². The van der Waals surface area contributed by atoms with Crippen LogP contribution in [0.25, 0.3) is 0 Å². The van der Waals surface area contributed by atoms with Gasteiger partial charge in [0.2, 0.25) is 5.91 Å². The molecule has 0 aromatic heterocycles. The normalized spacial score (nSPS) is 20.6. The third kappa shape index (κ3) is 3.73. The fourth-order valence-electron chi connectivity index (χ4n) is 2.65. The molecule has 2 rings (SSSR count). The van der Waals surface area contributed by atoms with Gasteiger partial charge in [-0.25, -0.2) is 0 Å². The lowest BCUT2D eigenvalue weighted by Gasteiger charge is -2.33. The summed E-state index contributed by atoms with van der Waals surface area (Å²) < 4.78 is 5.15. The predicted molar refractivity (Wildman–Crippen MR) is 79.9 cm³/mol. The molecule has 1 amide bonds. The number of benzene rings is 1. The Hall–Kier alpha value is -1.55. The van der Waals surface area contributed by atoms with E-state index in [-0.39, 0.29) is 11.8 Å². The zero-order chi connectivity index (χ0) is 14.5. The number of methoxy groups -OCH3 is 1. The molecule has 1 aliphatic heterocycles. The van der Waals surface area contributed by atoms with Crippen LogP contribution in [0.5, 0.6) is 5.75 Å². The summed E-state index contributed by atoms with van der Waals surface area (Å²) in [4.78, 5) is 14.4. The highest BCUT2D eigenvalue weighted by atomic mass is 16.5. The molecule has 1 heterocycles. The number of carbonyl (C=O) groups is 1. The average Bonchev–Trinajstić information content (AvgIpc) is 2.47. The molecule has 20 heavy (non-hydrogen) atoms. The molecule has 0 radical (unpaired) electrons. The lowest BCUT2D eigenvalue weighted by molar-refractivity contribution is -0.136. The van der Waals surface area contributed by atoms with Crippen molar-refractivity contribution in [2.24, 2.45) is 5.92 Å². The lowest BCUT2D eigenvalue weighted by atomic mass is 9.99. The largest absolute Gasteiger partial charge is 0.497 e. The van der Waals surface area contributed by atoms with Gasteiger partial charge in [0.05, 0.1) is 7.11 Å². The van der Waals surface area contributed by atoms with Crippen LogP contribution in [0.15, 0.2) is 24.3 Å². The lowest BCUT2D eigenvalue weighted by Crippen LogP contribution is -2.52. The molecule has 1 aromatic rings. The fraction of sp³-hybridized carbons (Fsp3) is 0.562. The van der Waals surface area contributed by atoms with Gasteiger partial charge < -0.3 is 15.0 Å². The van der Waals surface area contributed by atoms with Crippen LogP contribution in [0.4, 0.5) is 0 Å². The van der Waals surface area contributed by atoms with Crippen molar-refractivity contribution in [3.05, 3.63) is 29.8 Å². The molecule has 2 atom stereocenters. The van der Waals surface area contributed by atoms with Gasteiger partial charge in [0.15, 0.2) is 0 Å². The number of nitrogens with zero attached hydrogens (tertiary/aromatic N) is 1. The van der Waals surface area contributed by atoms with Crippen LogP contribution < -0.4 is 10.1 Å². The Morgan fingerprint density at radius 2 is 2.15 bits per heavy atom. The second-order valence-corrected chi connectivity index (χ2v) is 5.59. The van der Waals surface area contributed by atoms with Crippen LogP contribution in [0.3, 0.4) is 0 Å². The number of rotatable bonds is 4. The molecule has 0 spiro atoms. The molecule has 1 saturated heterocycles. The summed E-state index contributed by atoms with van der Waals surface area (Å²) in [6, 6.07) is 8.34. The highest BCUT2D eigenvalue weighted by molar-refractivity contribution is 5.79. The highest BCUT2D eigenvalue weighted by Gasteiger charge is 2.24. The summed E-state index contributed by atoms with van der Waals surface area (Å²) in [7, 11) is 1.66. The predicted octanol–water partition coefficient (Wildman–Crippen LogP) is 1.69. The van der Waals surface area contributed by atoms with Gasteiger partial charge in [0.1, 0.15) is 5.75 Å². The van der Waals surface area contributed by atoms with E-state index in [1.54, 1.807) is 7.11 Å². The van der Waals surface area contributed by atoms with Crippen molar-refractivity contribution >= 4 is 5.91 Å². The van der Waals surface area contributed by atoms with Crippen molar-refractivity contribution in [1.29, 1.82) is 0 Å². The van der Waals surface area contributed by atoms with Crippen LogP contribution in [0, 0.1) is 5.92 Å². The quantitative estimate of drug-likeness (QED) is 0.910. The highest BCUT2D eigenvalue weighted by Crippen LogP contribution is 2.16. The molecule has 4 nitrogen and oxygen atoms in total. The van der Waals surface area contributed by atoms with Gasteiger partial charge in [0, 0.05) is 31.6 Å². The van der Waals surface area contributed by atoms with E-state index < -0.39 is 0 Å². The molecular formula is C16H24N2O2. The summed E-state index contributed by atoms with van der Waals surface area (Å²) >= 11 is 0. The number of amides is 1. The Morgan fingerprint density at radius 1 is 1.45 bits per heavy atom. The first-order chi connectivity index (χ1) is 9.60. The summed E-state index contributed by atoms with van der Waals surface area (Å²) in [6.07, 6.45) is 0.779. The number of hydrogen-bond donors (Lipinski definition) is 1. The van der Waals surface area contributed by atoms with Gasteiger partial charge in [0.25, 0.3) is 0 Å². The summed E-state index contributed by atoms with van der Waals surface area (Å²) in [6.45, 7) is 6.65. The van der Waals surface area contributed by atoms with Crippen molar-refractivity contribution in [2.75, 3.05) is 26.7 Å². The average molecular weight is 276 g/mol. The molecule has 1 aliphatic rings. The van der Waals surface area contributed by atoms with E-state index in [0.29, 0.717) is 6.04 Å². The first kappa shape index (κ1) is 14.9. The fourth-order valence-corrected chi connectivity index (χ4v) is 2.65. The molecule has 0 bridgehead atoms. The maximum absolute atomic E-state index is 12.4. The molecule has 4 heteroatoms. The number of ether oxygens (including phenoxy) is 1. The topological polar surface area (TPSA) is 41.6 Å². The Labute approximate surface area is 121 Å². The van der Waals surface area contributed by atoms with Crippen molar-refractivity contribution < 1.29 is 9.53 Å². The third-order valence-corrected chi connectivity index (χ3v) is 3.80. The van der Waals surface area contributed by atoms with Crippen molar-refractivity contribution in [3.8, 4) is 5.75 Å². The molecule has 1 unspecified atom stereocenters. The molecule has 1 fully saturated rings. The summed E-state index contributed by atoms with van der Waals surface area (Å²) in [5, 5.41) is 3.36. The maximum Gasteiger partial charge on any atom is 0.225 e. The first-order valence-electron chi connectivity index (χ1n) is 7.25. The minimum absolute atomic E-state index is 0.0219. The smallest absolute Gasteiger partial charge is 0.225 e. The van der Waals surface area contributed by atoms with Gasteiger partial charge >= 0.3 is 0 Å². The van der Waals surface area contributed by atoms with Crippen molar-refractivity contribution in [2.45, 2.75) is 26.3 Å². The third-order valence-electron chi connectivity index (χ3n) is 3.80. The minimum Gasteiger partial charge on any atom is -0.497 e. The second-order valence-electron chi connectivity index (χ2n) is 5.59. The standard InChI is InChI=1S/C16H24N2O2/c1-12(10-14-4-6-15(20-3)7-5-14)16(19)18-9-8-17-13(2)11-18/h4-7,12-13,17H,8-11H2,1-3H3/t12?,13-/m1/s1. The van der Waals surface area contributed by atoms with E-state index >= 15 is 0 Å². The molecule has 0 saturated carbocycles. The molecule has 1 N–H and O–H groups in total. The van der Waals surface area contributed by atoms with Crippen LogP contribution in [-0.2, 0) is 11.2 Å². The van der Waals surface area contributed by atoms with Gasteiger partial charge in [-0.1, -0.05) is 19.1 Å². The zero-order valence-electron chi connectivity index (χ0n) is 12.6. The Morgan fingerprint density at radius 3 is 2.75 bits per heavy atom. The van der Waals surface area contributed by atoms with Crippen LogP contribution in [0.1, 0.15) is 19.4 Å². The maximum atomic E-state index is 12.4. The first-order valence-corrected chi connectivity index (χ1v) is 7.25. The number of carbonyl (C=O) groups excluding carboxylic acids is 1. The van der Waals surface area contributed by atoms with E-state index in [1.807, 2.05) is 36.1 Å². The van der Waals surface area contributed by atoms with Gasteiger partial charge in [-0.05, 0) is 31.0 Å². The Balaban J connectivity index is 1.92. The number of nitrogens with one attached hydrogen (secondary N) is 1.